The van der Waals surface area contributed by atoms with E-state index >= 15 is 0 Å². The summed E-state index contributed by atoms with van der Waals surface area (Å²) < 4.78 is 5.91. The van der Waals surface area contributed by atoms with E-state index < -0.39 is 17.2 Å². The van der Waals surface area contributed by atoms with Crippen LogP contribution in [0, 0.1) is 0 Å². The predicted molar refractivity (Wildman–Crippen MR) is 82.6 cm³/mol. The molecule has 0 radical (unpaired) electrons. The van der Waals surface area contributed by atoms with Gasteiger partial charge in [0.05, 0.1) is 17.8 Å². The zero-order valence-corrected chi connectivity index (χ0v) is 13.7. The summed E-state index contributed by atoms with van der Waals surface area (Å²) in [6, 6.07) is 5.27. The van der Waals surface area contributed by atoms with Crippen LogP contribution >= 0.6 is 15.9 Å². The molecule has 1 amide bonds. The highest BCUT2D eigenvalue weighted by molar-refractivity contribution is 9.10. The van der Waals surface area contributed by atoms with E-state index in [2.05, 4.69) is 21.2 Å². The summed E-state index contributed by atoms with van der Waals surface area (Å²) in [6.45, 7) is 6.90. The van der Waals surface area contributed by atoms with E-state index in [4.69, 9.17) is 10.5 Å². The Labute approximate surface area is 127 Å². The average molecular weight is 345 g/mol. The molecule has 4 N–H and O–H groups in total. The van der Waals surface area contributed by atoms with Gasteiger partial charge in [0.1, 0.15) is 5.60 Å². The second-order valence-electron chi connectivity index (χ2n) is 5.90. The van der Waals surface area contributed by atoms with Gasteiger partial charge in [0.2, 0.25) is 0 Å². The third-order valence-corrected chi connectivity index (χ3v) is 3.28. The minimum absolute atomic E-state index is 0.194. The number of ether oxygens (including phenoxy) is 1. The number of nitrogens with one attached hydrogen (secondary N) is 1. The number of amides is 1. The number of hydrogen-bond acceptors (Lipinski definition) is 4. The Kier molecular flexibility index (Phi) is 5.18. The minimum atomic E-state index is -0.870. The van der Waals surface area contributed by atoms with Crippen LogP contribution in [0.1, 0.15) is 33.3 Å². The van der Waals surface area contributed by atoms with Crippen molar-refractivity contribution in [3.8, 4) is 0 Å². The van der Waals surface area contributed by atoms with Gasteiger partial charge < -0.3 is 15.6 Å². The lowest BCUT2D eigenvalue weighted by atomic mass is 9.94. The summed E-state index contributed by atoms with van der Waals surface area (Å²) in [5.74, 6) is 0. The Bertz CT molecular complexity index is 496. The first-order chi connectivity index (χ1) is 9.05. The molecule has 0 heterocycles. The second kappa shape index (κ2) is 6.11. The van der Waals surface area contributed by atoms with Gasteiger partial charge in [0.15, 0.2) is 0 Å². The van der Waals surface area contributed by atoms with Crippen LogP contribution in [0.25, 0.3) is 0 Å². The Balaban J connectivity index is 2.96. The molecule has 1 rings (SSSR count). The maximum absolute atomic E-state index is 11.8. The first-order valence-electron chi connectivity index (χ1n) is 6.25. The van der Waals surface area contributed by atoms with Crippen molar-refractivity contribution >= 4 is 27.7 Å². The van der Waals surface area contributed by atoms with Crippen molar-refractivity contribution in [2.45, 2.75) is 38.8 Å². The highest BCUT2D eigenvalue weighted by Crippen LogP contribution is 2.28. The first-order valence-corrected chi connectivity index (χ1v) is 7.04. The zero-order chi connectivity index (χ0) is 15.6. The van der Waals surface area contributed by atoms with Crippen LogP contribution in [-0.2, 0) is 10.3 Å². The monoisotopic (exact) mass is 344 g/mol. The molecule has 1 atom stereocenters. The van der Waals surface area contributed by atoms with Gasteiger partial charge in [-0.05, 0) is 61.3 Å². The standard InChI is InChI=1S/C14H21BrN2O3/c1-13(2,3)20-12(19)17-11-7-9(5-6-10(11)15)14(4,16)8-18/h5-7,18H,8,16H2,1-4H3,(H,17,19). The summed E-state index contributed by atoms with van der Waals surface area (Å²) in [7, 11) is 0. The van der Waals surface area contributed by atoms with E-state index in [1.807, 2.05) is 0 Å². The lowest BCUT2D eigenvalue weighted by Gasteiger charge is -2.24. The minimum Gasteiger partial charge on any atom is -0.444 e. The molecule has 112 valence electrons. The number of anilines is 1. The average Bonchev–Trinajstić information content (AvgIpc) is 2.29. The lowest BCUT2D eigenvalue weighted by Crippen LogP contribution is -2.37. The highest BCUT2D eigenvalue weighted by atomic mass is 79.9. The second-order valence-corrected chi connectivity index (χ2v) is 6.75. The Morgan fingerprint density at radius 1 is 1.40 bits per heavy atom. The van der Waals surface area contributed by atoms with E-state index in [1.165, 1.54) is 0 Å². The van der Waals surface area contributed by atoms with Gasteiger partial charge in [-0.15, -0.1) is 0 Å². The summed E-state index contributed by atoms with van der Waals surface area (Å²) in [5, 5.41) is 12.0. The normalized spacial score (nSPS) is 14.6. The van der Waals surface area contributed by atoms with Crippen molar-refractivity contribution in [3.63, 3.8) is 0 Å². The van der Waals surface area contributed by atoms with E-state index in [0.717, 1.165) is 0 Å². The van der Waals surface area contributed by atoms with Gasteiger partial charge in [0.25, 0.3) is 0 Å². The summed E-state index contributed by atoms with van der Waals surface area (Å²) in [5.41, 5.74) is 5.80. The maximum atomic E-state index is 11.8. The predicted octanol–water partition coefficient (Wildman–Crippen LogP) is 2.96. The van der Waals surface area contributed by atoms with Gasteiger partial charge in [-0.25, -0.2) is 4.79 Å². The third-order valence-electron chi connectivity index (χ3n) is 2.59. The van der Waals surface area contributed by atoms with Crippen LogP contribution in [0.4, 0.5) is 10.5 Å². The van der Waals surface area contributed by atoms with Crippen LogP contribution in [0.3, 0.4) is 0 Å². The summed E-state index contributed by atoms with van der Waals surface area (Å²) in [4.78, 5) is 11.8. The number of carbonyl (C=O) groups excluding carboxylic acids is 1. The van der Waals surface area contributed by atoms with E-state index in [0.29, 0.717) is 15.7 Å². The summed E-state index contributed by atoms with van der Waals surface area (Å²) in [6.07, 6.45) is -0.543. The topological polar surface area (TPSA) is 84.6 Å². The summed E-state index contributed by atoms with van der Waals surface area (Å²) >= 11 is 3.35. The SMILES string of the molecule is CC(C)(C)OC(=O)Nc1cc(C(C)(N)CO)ccc1Br. The number of carbonyl (C=O) groups is 1. The first kappa shape index (κ1) is 16.9. The highest BCUT2D eigenvalue weighted by Gasteiger charge is 2.22. The van der Waals surface area contributed by atoms with Gasteiger partial charge in [-0.3, -0.25) is 5.32 Å². The number of rotatable bonds is 3. The Morgan fingerprint density at radius 2 is 2.00 bits per heavy atom. The molecule has 5 nitrogen and oxygen atoms in total. The molecule has 0 bridgehead atoms. The fraction of sp³-hybridized carbons (Fsp3) is 0.500. The maximum Gasteiger partial charge on any atom is 0.412 e. The van der Waals surface area contributed by atoms with Crippen molar-refractivity contribution in [1.29, 1.82) is 0 Å². The largest absolute Gasteiger partial charge is 0.444 e. The molecule has 0 saturated heterocycles. The fourth-order valence-corrected chi connectivity index (χ4v) is 1.83. The van der Waals surface area contributed by atoms with Gasteiger partial charge >= 0.3 is 6.09 Å². The quantitative estimate of drug-likeness (QED) is 0.786. The van der Waals surface area contributed by atoms with E-state index in [-0.39, 0.29) is 6.61 Å². The molecule has 0 spiro atoms. The third kappa shape index (κ3) is 4.77. The molecule has 1 unspecified atom stereocenters. The molecule has 0 aliphatic rings. The number of nitrogens with two attached hydrogens (primary N) is 1. The van der Waals surface area contributed by atoms with Crippen molar-refractivity contribution < 1.29 is 14.6 Å². The number of hydrogen-bond donors (Lipinski definition) is 3. The smallest absolute Gasteiger partial charge is 0.412 e. The van der Waals surface area contributed by atoms with Gasteiger partial charge in [-0.2, -0.15) is 0 Å². The van der Waals surface area contributed by atoms with E-state index in [9.17, 15) is 9.90 Å². The Hall–Kier alpha value is -1.11. The van der Waals surface area contributed by atoms with Crippen molar-refractivity contribution in [3.05, 3.63) is 28.2 Å². The van der Waals surface area contributed by atoms with Crippen molar-refractivity contribution in [2.24, 2.45) is 5.73 Å². The van der Waals surface area contributed by atoms with Crippen LogP contribution in [0.5, 0.6) is 0 Å². The van der Waals surface area contributed by atoms with Gasteiger partial charge in [0, 0.05) is 4.47 Å². The molecule has 0 fully saturated rings. The Morgan fingerprint density at radius 3 is 2.50 bits per heavy atom. The number of halogens is 1. The molecular weight excluding hydrogens is 324 g/mol. The van der Waals surface area contributed by atoms with Crippen molar-refractivity contribution in [2.75, 3.05) is 11.9 Å². The fourth-order valence-electron chi connectivity index (χ4n) is 1.48. The van der Waals surface area contributed by atoms with Crippen LogP contribution < -0.4 is 11.1 Å². The number of benzene rings is 1. The molecule has 0 aliphatic heterocycles. The molecule has 1 aromatic rings. The number of aliphatic hydroxyl groups is 1. The van der Waals surface area contributed by atoms with Crippen LogP contribution in [-0.4, -0.2) is 23.4 Å². The number of aliphatic hydroxyl groups excluding tert-OH is 1. The molecule has 6 heteroatoms. The molecule has 20 heavy (non-hydrogen) atoms. The molecule has 0 saturated carbocycles. The molecule has 0 aliphatic carbocycles. The van der Waals surface area contributed by atoms with Crippen LogP contribution in [0.15, 0.2) is 22.7 Å². The van der Waals surface area contributed by atoms with E-state index in [1.54, 1.807) is 45.9 Å². The zero-order valence-electron chi connectivity index (χ0n) is 12.2. The lowest BCUT2D eigenvalue weighted by molar-refractivity contribution is 0.0636. The molecule has 1 aromatic carbocycles. The molecule has 0 aromatic heterocycles. The van der Waals surface area contributed by atoms with Crippen LogP contribution in [0.2, 0.25) is 0 Å². The molecular formula is C14H21BrN2O3. The van der Waals surface area contributed by atoms with Gasteiger partial charge in [-0.1, -0.05) is 6.07 Å². The van der Waals surface area contributed by atoms with Crippen molar-refractivity contribution in [1.82, 2.24) is 0 Å².